The molecule has 0 bridgehead atoms. The van der Waals surface area contributed by atoms with E-state index < -0.39 is 0 Å². The molecule has 7 heavy (non-hydrogen) atoms. The summed E-state index contributed by atoms with van der Waals surface area (Å²) in [6.45, 7) is 3.70. The highest BCUT2D eigenvalue weighted by molar-refractivity contribution is 6.29. The van der Waals surface area contributed by atoms with Gasteiger partial charge in [0, 0.05) is 5.03 Å². The first-order valence-electron chi connectivity index (χ1n) is 1.66. The van der Waals surface area contributed by atoms with Gasteiger partial charge < -0.3 is 4.74 Å². The Balaban J connectivity index is 2.97. The fraction of sp³-hybridized carbons (Fsp3) is 0.250. The molecule has 0 saturated carbocycles. The van der Waals surface area contributed by atoms with Crippen molar-refractivity contribution in [1.82, 2.24) is 0 Å². The van der Waals surface area contributed by atoms with Crippen LogP contribution in [0.5, 0.6) is 0 Å². The van der Waals surface area contributed by atoms with Crippen LogP contribution >= 0.6 is 11.6 Å². The monoisotopic (exact) mass is 120 g/mol. The lowest BCUT2D eigenvalue weighted by molar-refractivity contribution is -0.127. The summed E-state index contributed by atoms with van der Waals surface area (Å²) < 4.78 is 4.18. The molecule has 0 N–H and O–H groups in total. The van der Waals surface area contributed by atoms with Crippen LogP contribution in [0, 0.1) is 0 Å². The standard InChI is InChI=1S/C4H5ClO2/c1-4(5)2-7-3-6/h3H,1-2H2. The fourth-order valence-corrected chi connectivity index (χ4v) is 0.187. The molecule has 0 amide bonds. The maximum absolute atomic E-state index is 9.39. The molecular weight excluding hydrogens is 115 g/mol. The van der Waals surface area contributed by atoms with Gasteiger partial charge in [0.1, 0.15) is 6.61 Å². The molecule has 0 aromatic rings. The van der Waals surface area contributed by atoms with Gasteiger partial charge in [-0.2, -0.15) is 0 Å². The van der Waals surface area contributed by atoms with Gasteiger partial charge in [0.05, 0.1) is 0 Å². The second-order valence-electron chi connectivity index (χ2n) is 0.924. The van der Waals surface area contributed by atoms with Gasteiger partial charge in [-0.05, 0) is 0 Å². The third-order valence-corrected chi connectivity index (χ3v) is 0.417. The zero-order valence-corrected chi connectivity index (χ0v) is 4.44. The molecular formula is C4H5ClO2. The van der Waals surface area contributed by atoms with E-state index >= 15 is 0 Å². The Morgan fingerprint density at radius 2 is 2.57 bits per heavy atom. The zero-order chi connectivity index (χ0) is 5.70. The molecule has 0 rings (SSSR count). The van der Waals surface area contributed by atoms with Gasteiger partial charge in [0.25, 0.3) is 6.47 Å². The van der Waals surface area contributed by atoms with E-state index in [0.717, 1.165) is 0 Å². The van der Waals surface area contributed by atoms with Gasteiger partial charge >= 0.3 is 0 Å². The molecule has 0 unspecified atom stereocenters. The van der Waals surface area contributed by atoms with Crippen LogP contribution in [-0.4, -0.2) is 13.1 Å². The summed E-state index contributed by atoms with van der Waals surface area (Å²) >= 11 is 5.18. The molecule has 0 saturated heterocycles. The molecule has 40 valence electrons. The highest BCUT2D eigenvalue weighted by atomic mass is 35.5. The van der Waals surface area contributed by atoms with Gasteiger partial charge in [-0.25, -0.2) is 0 Å². The molecule has 0 spiro atoms. The van der Waals surface area contributed by atoms with Crippen molar-refractivity contribution in [2.45, 2.75) is 0 Å². The lowest BCUT2D eigenvalue weighted by atomic mass is 10.7. The number of hydrogen-bond donors (Lipinski definition) is 0. The van der Waals surface area contributed by atoms with E-state index in [4.69, 9.17) is 11.6 Å². The highest BCUT2D eigenvalue weighted by Crippen LogP contribution is 1.93. The summed E-state index contributed by atoms with van der Waals surface area (Å²) in [6.07, 6.45) is 0. The Morgan fingerprint density at radius 3 is 2.71 bits per heavy atom. The second kappa shape index (κ2) is 3.68. The minimum atomic E-state index is 0.102. The molecule has 0 aliphatic heterocycles. The van der Waals surface area contributed by atoms with Gasteiger partial charge in [-0.3, -0.25) is 4.79 Å². The van der Waals surface area contributed by atoms with Crippen molar-refractivity contribution in [3.8, 4) is 0 Å². The quantitative estimate of drug-likeness (QED) is 0.518. The lowest BCUT2D eigenvalue weighted by Gasteiger charge is -1.89. The van der Waals surface area contributed by atoms with Crippen LogP contribution in [-0.2, 0) is 9.53 Å². The summed E-state index contributed by atoms with van der Waals surface area (Å²) in [5.41, 5.74) is 0. The molecule has 0 aromatic carbocycles. The average molecular weight is 121 g/mol. The summed E-state index contributed by atoms with van der Waals surface area (Å²) in [6, 6.07) is 0. The van der Waals surface area contributed by atoms with E-state index in [2.05, 4.69) is 11.3 Å². The minimum absolute atomic E-state index is 0.102. The Hall–Kier alpha value is -0.500. The first kappa shape index (κ1) is 6.50. The van der Waals surface area contributed by atoms with Gasteiger partial charge in [-0.1, -0.05) is 18.2 Å². The van der Waals surface area contributed by atoms with Crippen molar-refractivity contribution < 1.29 is 9.53 Å². The van der Waals surface area contributed by atoms with Crippen molar-refractivity contribution >= 4 is 18.1 Å². The predicted octanol–water partition coefficient (Wildman–Crippen LogP) is 0.912. The van der Waals surface area contributed by atoms with Crippen molar-refractivity contribution in [2.24, 2.45) is 0 Å². The van der Waals surface area contributed by atoms with Crippen molar-refractivity contribution in [3.05, 3.63) is 11.6 Å². The van der Waals surface area contributed by atoms with E-state index in [-0.39, 0.29) is 6.61 Å². The maximum Gasteiger partial charge on any atom is 0.293 e. The smallest absolute Gasteiger partial charge is 0.293 e. The Labute approximate surface area is 46.7 Å². The maximum atomic E-state index is 9.39. The predicted molar refractivity (Wildman–Crippen MR) is 27.0 cm³/mol. The average Bonchev–Trinajstić information content (AvgIpc) is 1.61. The lowest BCUT2D eigenvalue weighted by Crippen LogP contribution is -1.88. The van der Waals surface area contributed by atoms with Crippen LogP contribution in [0.15, 0.2) is 11.6 Å². The molecule has 0 aliphatic rings. The van der Waals surface area contributed by atoms with E-state index in [1.54, 1.807) is 0 Å². The SMILES string of the molecule is C=C(Cl)COC=O. The van der Waals surface area contributed by atoms with Crippen LogP contribution in [0.25, 0.3) is 0 Å². The topological polar surface area (TPSA) is 26.3 Å². The van der Waals surface area contributed by atoms with Crippen LogP contribution in [0.2, 0.25) is 0 Å². The molecule has 0 atom stereocenters. The Morgan fingerprint density at radius 1 is 2.00 bits per heavy atom. The van der Waals surface area contributed by atoms with Crippen molar-refractivity contribution in [3.63, 3.8) is 0 Å². The molecule has 3 heteroatoms. The molecule has 0 heterocycles. The number of ether oxygens (including phenoxy) is 1. The van der Waals surface area contributed by atoms with E-state index in [0.29, 0.717) is 11.5 Å². The first-order valence-corrected chi connectivity index (χ1v) is 2.03. The highest BCUT2D eigenvalue weighted by Gasteiger charge is 1.82. The Bertz CT molecular complexity index is 79.8. The summed E-state index contributed by atoms with van der Waals surface area (Å²) in [5.74, 6) is 0. The molecule has 0 aliphatic carbocycles. The van der Waals surface area contributed by atoms with Crippen LogP contribution < -0.4 is 0 Å². The van der Waals surface area contributed by atoms with E-state index in [1.165, 1.54) is 0 Å². The van der Waals surface area contributed by atoms with E-state index in [9.17, 15) is 4.79 Å². The number of rotatable bonds is 3. The largest absolute Gasteiger partial charge is 0.462 e. The van der Waals surface area contributed by atoms with Gasteiger partial charge in [-0.15, -0.1) is 0 Å². The second-order valence-corrected chi connectivity index (χ2v) is 1.46. The molecule has 0 aromatic heterocycles. The summed E-state index contributed by atoms with van der Waals surface area (Å²) in [7, 11) is 0. The Kier molecular flexibility index (Phi) is 3.42. The van der Waals surface area contributed by atoms with Crippen LogP contribution in [0.1, 0.15) is 0 Å². The number of hydrogen-bond acceptors (Lipinski definition) is 2. The fourth-order valence-electron chi connectivity index (χ4n) is 0.124. The van der Waals surface area contributed by atoms with Crippen LogP contribution in [0.3, 0.4) is 0 Å². The molecule has 0 radical (unpaired) electrons. The summed E-state index contributed by atoms with van der Waals surface area (Å²) in [5, 5.41) is 0.326. The molecule has 2 nitrogen and oxygen atoms in total. The first-order chi connectivity index (χ1) is 3.27. The third kappa shape index (κ3) is 5.50. The number of halogens is 1. The molecule has 0 fully saturated rings. The van der Waals surface area contributed by atoms with Crippen molar-refractivity contribution in [1.29, 1.82) is 0 Å². The van der Waals surface area contributed by atoms with Crippen LogP contribution in [0.4, 0.5) is 0 Å². The third-order valence-electron chi connectivity index (χ3n) is 0.308. The number of carbonyl (C=O) groups excluding carboxylic acids is 1. The van der Waals surface area contributed by atoms with Crippen molar-refractivity contribution in [2.75, 3.05) is 6.61 Å². The minimum Gasteiger partial charge on any atom is -0.462 e. The summed E-state index contributed by atoms with van der Waals surface area (Å²) in [4.78, 5) is 9.39. The van der Waals surface area contributed by atoms with E-state index in [1.807, 2.05) is 0 Å². The van der Waals surface area contributed by atoms with Gasteiger partial charge in [0.2, 0.25) is 0 Å². The van der Waals surface area contributed by atoms with Gasteiger partial charge in [0.15, 0.2) is 0 Å². The zero-order valence-electron chi connectivity index (χ0n) is 3.69. The number of carbonyl (C=O) groups is 1. The normalized spacial score (nSPS) is 7.57.